The van der Waals surface area contributed by atoms with Crippen molar-refractivity contribution >= 4 is 5.69 Å². The van der Waals surface area contributed by atoms with Crippen molar-refractivity contribution in [3.8, 4) is 5.75 Å². The summed E-state index contributed by atoms with van der Waals surface area (Å²) in [6.07, 6.45) is 0.617. The van der Waals surface area contributed by atoms with Gasteiger partial charge in [-0.15, -0.1) is 0 Å². The van der Waals surface area contributed by atoms with Crippen LogP contribution >= 0.6 is 0 Å². The molecule has 0 radical (unpaired) electrons. The summed E-state index contributed by atoms with van der Waals surface area (Å²) in [5.41, 5.74) is 1.83. The highest BCUT2D eigenvalue weighted by atomic mass is 16.6. The largest absolute Gasteiger partial charge is 0.493 e. The SMILES string of the molecule is CCOc1cc([N+](=O)[O-])ccc1C(O)c1cc(C)ccn1. The number of nitro groups is 1. The van der Waals surface area contributed by atoms with Gasteiger partial charge >= 0.3 is 0 Å². The number of aryl methyl sites for hydroxylation is 1. The molecule has 6 nitrogen and oxygen atoms in total. The van der Waals surface area contributed by atoms with Crippen LogP contribution < -0.4 is 4.74 Å². The van der Waals surface area contributed by atoms with Crippen molar-refractivity contribution in [2.24, 2.45) is 0 Å². The Morgan fingerprint density at radius 2 is 2.14 bits per heavy atom. The molecule has 0 amide bonds. The van der Waals surface area contributed by atoms with Crippen molar-refractivity contribution in [2.75, 3.05) is 6.61 Å². The number of aliphatic hydroxyl groups excluding tert-OH is 1. The Balaban J connectivity index is 2.44. The number of pyridine rings is 1. The van der Waals surface area contributed by atoms with Gasteiger partial charge in [-0.05, 0) is 37.6 Å². The minimum atomic E-state index is -0.993. The Labute approximate surface area is 122 Å². The van der Waals surface area contributed by atoms with Crippen LogP contribution in [0.5, 0.6) is 5.75 Å². The average Bonchev–Trinajstić information content (AvgIpc) is 2.46. The number of rotatable bonds is 5. The molecular formula is C15H16N2O4. The standard InChI is InChI=1S/C15H16N2O4/c1-3-21-14-9-11(17(19)20)4-5-12(14)15(18)13-8-10(2)6-7-16-13/h4-9,15,18H,3H2,1-2H3. The van der Waals surface area contributed by atoms with E-state index < -0.39 is 11.0 Å². The lowest BCUT2D eigenvalue weighted by molar-refractivity contribution is -0.385. The summed E-state index contributed by atoms with van der Waals surface area (Å²) in [4.78, 5) is 14.5. The Kier molecular flexibility index (Phi) is 4.49. The fourth-order valence-electron chi connectivity index (χ4n) is 2.01. The second-order valence-corrected chi connectivity index (χ2v) is 4.57. The molecule has 0 aliphatic carbocycles. The lowest BCUT2D eigenvalue weighted by atomic mass is 10.0. The molecule has 2 rings (SSSR count). The van der Waals surface area contributed by atoms with Crippen LogP contribution in [-0.4, -0.2) is 21.6 Å². The minimum absolute atomic E-state index is 0.0772. The molecule has 6 heteroatoms. The summed E-state index contributed by atoms with van der Waals surface area (Å²) in [5, 5.41) is 21.3. The number of non-ortho nitro benzene ring substituents is 1. The molecule has 0 saturated carbocycles. The van der Waals surface area contributed by atoms with Gasteiger partial charge < -0.3 is 9.84 Å². The van der Waals surface area contributed by atoms with E-state index in [9.17, 15) is 15.2 Å². The van der Waals surface area contributed by atoms with Crippen LogP contribution in [0, 0.1) is 17.0 Å². The third kappa shape index (κ3) is 3.35. The van der Waals surface area contributed by atoms with Gasteiger partial charge in [0.05, 0.1) is 23.3 Å². The molecule has 0 aliphatic rings. The maximum Gasteiger partial charge on any atom is 0.273 e. The molecule has 1 aromatic heterocycles. The molecule has 0 aliphatic heterocycles. The number of nitrogens with zero attached hydrogens (tertiary/aromatic N) is 2. The molecule has 0 saturated heterocycles. The van der Waals surface area contributed by atoms with E-state index in [1.54, 1.807) is 19.2 Å². The molecule has 1 N–H and O–H groups in total. The molecule has 110 valence electrons. The predicted octanol–water partition coefficient (Wildman–Crippen LogP) is 2.78. The smallest absolute Gasteiger partial charge is 0.273 e. The number of hydrogen-bond donors (Lipinski definition) is 1. The van der Waals surface area contributed by atoms with Crippen LogP contribution in [0.1, 0.15) is 29.8 Å². The third-order valence-corrected chi connectivity index (χ3v) is 3.02. The number of hydrogen-bond acceptors (Lipinski definition) is 5. The van der Waals surface area contributed by atoms with E-state index in [4.69, 9.17) is 4.74 Å². The van der Waals surface area contributed by atoms with E-state index in [0.717, 1.165) is 5.56 Å². The molecule has 2 aromatic rings. The van der Waals surface area contributed by atoms with Gasteiger partial charge in [0.2, 0.25) is 0 Å². The van der Waals surface area contributed by atoms with E-state index in [-0.39, 0.29) is 5.69 Å². The van der Waals surface area contributed by atoms with Crippen molar-refractivity contribution < 1.29 is 14.8 Å². The molecule has 1 unspecified atom stereocenters. The highest BCUT2D eigenvalue weighted by Gasteiger charge is 2.20. The Bertz CT molecular complexity index is 658. The van der Waals surface area contributed by atoms with Crippen LogP contribution in [0.2, 0.25) is 0 Å². The average molecular weight is 288 g/mol. The first kappa shape index (κ1) is 14.9. The number of aliphatic hydroxyl groups is 1. The molecule has 0 fully saturated rings. The van der Waals surface area contributed by atoms with Crippen molar-refractivity contribution in [1.29, 1.82) is 0 Å². The summed E-state index contributed by atoms with van der Waals surface area (Å²) in [6, 6.07) is 7.75. The summed E-state index contributed by atoms with van der Waals surface area (Å²) in [5.74, 6) is 0.294. The first-order valence-corrected chi connectivity index (χ1v) is 6.54. The molecule has 1 aromatic carbocycles. The Morgan fingerprint density at radius 3 is 2.76 bits per heavy atom. The maximum absolute atomic E-state index is 10.8. The maximum atomic E-state index is 10.8. The number of benzene rings is 1. The number of nitro benzene ring substituents is 1. The van der Waals surface area contributed by atoms with Crippen molar-refractivity contribution in [3.63, 3.8) is 0 Å². The Hall–Kier alpha value is -2.47. The van der Waals surface area contributed by atoms with E-state index >= 15 is 0 Å². The number of ether oxygens (including phenoxy) is 1. The van der Waals surface area contributed by atoms with E-state index in [2.05, 4.69) is 4.98 Å². The van der Waals surface area contributed by atoms with E-state index in [1.165, 1.54) is 18.2 Å². The lowest BCUT2D eigenvalue weighted by Gasteiger charge is -2.15. The summed E-state index contributed by atoms with van der Waals surface area (Å²) < 4.78 is 5.41. The molecule has 1 atom stereocenters. The highest BCUT2D eigenvalue weighted by molar-refractivity contribution is 5.47. The van der Waals surface area contributed by atoms with Crippen LogP contribution in [0.25, 0.3) is 0 Å². The van der Waals surface area contributed by atoms with Crippen LogP contribution in [-0.2, 0) is 0 Å². The quantitative estimate of drug-likeness (QED) is 0.675. The van der Waals surface area contributed by atoms with Gasteiger partial charge in [-0.3, -0.25) is 15.1 Å². The highest BCUT2D eigenvalue weighted by Crippen LogP contribution is 2.32. The second kappa shape index (κ2) is 6.32. The van der Waals surface area contributed by atoms with Crippen LogP contribution in [0.15, 0.2) is 36.5 Å². The fraction of sp³-hybridized carbons (Fsp3) is 0.267. The zero-order chi connectivity index (χ0) is 15.4. The zero-order valence-electron chi connectivity index (χ0n) is 11.8. The fourth-order valence-corrected chi connectivity index (χ4v) is 2.01. The van der Waals surface area contributed by atoms with Gasteiger partial charge in [-0.1, -0.05) is 0 Å². The molecule has 0 spiro atoms. The molecular weight excluding hydrogens is 272 g/mol. The van der Waals surface area contributed by atoms with Gasteiger partial charge in [0.25, 0.3) is 5.69 Å². The zero-order valence-corrected chi connectivity index (χ0v) is 11.8. The van der Waals surface area contributed by atoms with Crippen LogP contribution in [0.4, 0.5) is 5.69 Å². The van der Waals surface area contributed by atoms with Crippen LogP contribution in [0.3, 0.4) is 0 Å². The van der Waals surface area contributed by atoms with Crippen molar-refractivity contribution in [3.05, 3.63) is 63.5 Å². The van der Waals surface area contributed by atoms with E-state index in [1.807, 2.05) is 13.0 Å². The van der Waals surface area contributed by atoms with Gasteiger partial charge in [-0.25, -0.2) is 0 Å². The third-order valence-electron chi connectivity index (χ3n) is 3.02. The topological polar surface area (TPSA) is 85.5 Å². The summed E-state index contributed by atoms with van der Waals surface area (Å²) in [6.45, 7) is 4.03. The Morgan fingerprint density at radius 1 is 1.38 bits per heavy atom. The second-order valence-electron chi connectivity index (χ2n) is 4.57. The van der Waals surface area contributed by atoms with Crippen molar-refractivity contribution in [1.82, 2.24) is 4.98 Å². The number of aromatic nitrogens is 1. The van der Waals surface area contributed by atoms with Crippen molar-refractivity contribution in [2.45, 2.75) is 20.0 Å². The molecule has 1 heterocycles. The summed E-state index contributed by atoms with van der Waals surface area (Å²) >= 11 is 0. The minimum Gasteiger partial charge on any atom is -0.493 e. The van der Waals surface area contributed by atoms with Gasteiger partial charge in [0, 0.05) is 17.8 Å². The predicted molar refractivity (Wildman–Crippen MR) is 77.3 cm³/mol. The first-order valence-electron chi connectivity index (χ1n) is 6.54. The monoisotopic (exact) mass is 288 g/mol. The normalized spacial score (nSPS) is 12.0. The summed E-state index contributed by atoms with van der Waals surface area (Å²) in [7, 11) is 0. The molecule has 0 bridgehead atoms. The molecule has 21 heavy (non-hydrogen) atoms. The lowest BCUT2D eigenvalue weighted by Crippen LogP contribution is -2.06. The van der Waals surface area contributed by atoms with Gasteiger partial charge in [0.15, 0.2) is 0 Å². The van der Waals surface area contributed by atoms with Gasteiger partial charge in [0.1, 0.15) is 11.9 Å². The van der Waals surface area contributed by atoms with E-state index in [0.29, 0.717) is 23.6 Å². The first-order chi connectivity index (χ1) is 10.0. The van der Waals surface area contributed by atoms with Gasteiger partial charge in [-0.2, -0.15) is 0 Å².